The first-order valence-corrected chi connectivity index (χ1v) is 8.29. The van der Waals surface area contributed by atoms with Crippen molar-refractivity contribution in [2.75, 3.05) is 13.7 Å². The molecule has 0 spiro atoms. The van der Waals surface area contributed by atoms with Gasteiger partial charge in [0.2, 0.25) is 5.91 Å². The molecule has 25 heavy (non-hydrogen) atoms. The van der Waals surface area contributed by atoms with Crippen molar-refractivity contribution in [2.45, 2.75) is 19.4 Å². The average Bonchev–Trinajstić information content (AvgIpc) is 3.04. The summed E-state index contributed by atoms with van der Waals surface area (Å²) in [5, 5.41) is 0. The molecule has 2 atom stereocenters. The topological polar surface area (TPSA) is 55.8 Å². The van der Waals surface area contributed by atoms with Crippen molar-refractivity contribution in [1.29, 1.82) is 0 Å². The molecule has 1 aliphatic rings. The maximum absolute atomic E-state index is 12.5. The second-order valence-electron chi connectivity index (χ2n) is 6.11. The van der Waals surface area contributed by atoms with Crippen LogP contribution < -0.4 is 9.47 Å². The lowest BCUT2D eigenvalue weighted by Crippen LogP contribution is -2.30. The Kier molecular flexibility index (Phi) is 5.03. The van der Waals surface area contributed by atoms with E-state index in [1.807, 2.05) is 37.3 Å². The lowest BCUT2D eigenvalue weighted by molar-refractivity contribution is -0.139. The van der Waals surface area contributed by atoms with Crippen molar-refractivity contribution in [3.63, 3.8) is 0 Å². The Morgan fingerprint density at radius 3 is 2.40 bits per heavy atom. The molecule has 1 saturated heterocycles. The van der Waals surface area contributed by atoms with E-state index in [0.717, 1.165) is 5.56 Å². The van der Waals surface area contributed by atoms with Gasteiger partial charge in [-0.25, -0.2) is 0 Å². The van der Waals surface area contributed by atoms with Crippen LogP contribution in [-0.4, -0.2) is 30.4 Å². The van der Waals surface area contributed by atoms with Gasteiger partial charge in [-0.1, -0.05) is 42.5 Å². The zero-order chi connectivity index (χ0) is 17.8. The van der Waals surface area contributed by atoms with Gasteiger partial charge in [-0.3, -0.25) is 9.59 Å². The van der Waals surface area contributed by atoms with Gasteiger partial charge in [-0.2, -0.15) is 0 Å². The van der Waals surface area contributed by atoms with Crippen LogP contribution in [0, 0.1) is 5.92 Å². The number of carbonyl (C=O) groups is 2. The zero-order valence-electron chi connectivity index (χ0n) is 14.3. The fourth-order valence-corrected chi connectivity index (χ4v) is 3.07. The molecule has 0 saturated carbocycles. The second-order valence-corrected chi connectivity index (χ2v) is 6.11. The third-order valence-electron chi connectivity index (χ3n) is 4.52. The molecule has 1 aliphatic heterocycles. The molecule has 2 aromatic carbocycles. The van der Waals surface area contributed by atoms with Crippen molar-refractivity contribution in [1.82, 2.24) is 4.90 Å². The first-order chi connectivity index (χ1) is 12.1. The molecule has 0 unspecified atom stereocenters. The smallest absolute Gasteiger partial charge is 0.316 e. The molecule has 1 amide bonds. The van der Waals surface area contributed by atoms with Crippen LogP contribution in [0.25, 0.3) is 0 Å². The standard InChI is InChI=1S/C20H21NO4/c1-14(15-8-4-3-5-9-15)21-13-16(12-19(21)22)20(23)25-18-11-7-6-10-17(18)24-2/h3-11,14,16H,12-13H2,1-2H3/t14-,16-/m1/s1. The van der Waals surface area contributed by atoms with Crippen molar-refractivity contribution in [3.05, 3.63) is 60.2 Å². The van der Waals surface area contributed by atoms with Gasteiger partial charge in [0.05, 0.1) is 19.1 Å². The van der Waals surface area contributed by atoms with Crippen LogP contribution in [0.15, 0.2) is 54.6 Å². The largest absolute Gasteiger partial charge is 0.493 e. The van der Waals surface area contributed by atoms with E-state index < -0.39 is 11.9 Å². The van der Waals surface area contributed by atoms with Crippen LogP contribution >= 0.6 is 0 Å². The highest BCUT2D eigenvalue weighted by Crippen LogP contribution is 2.31. The molecular formula is C20H21NO4. The Morgan fingerprint density at radius 1 is 1.08 bits per heavy atom. The average molecular weight is 339 g/mol. The first kappa shape index (κ1) is 17.0. The van der Waals surface area contributed by atoms with Crippen LogP contribution in [0.3, 0.4) is 0 Å². The summed E-state index contributed by atoms with van der Waals surface area (Å²) in [6, 6.07) is 16.7. The lowest BCUT2D eigenvalue weighted by atomic mass is 10.1. The van der Waals surface area contributed by atoms with Gasteiger partial charge >= 0.3 is 5.97 Å². The minimum absolute atomic E-state index is 0.0293. The molecule has 0 radical (unpaired) electrons. The number of para-hydroxylation sites is 2. The number of ether oxygens (including phenoxy) is 2. The zero-order valence-corrected chi connectivity index (χ0v) is 14.3. The monoisotopic (exact) mass is 339 g/mol. The molecular weight excluding hydrogens is 318 g/mol. The minimum atomic E-state index is -0.469. The van der Waals surface area contributed by atoms with Crippen LogP contribution in [-0.2, 0) is 9.59 Å². The van der Waals surface area contributed by atoms with E-state index in [-0.39, 0.29) is 18.4 Å². The van der Waals surface area contributed by atoms with Crippen LogP contribution in [0.5, 0.6) is 11.5 Å². The Morgan fingerprint density at radius 2 is 1.72 bits per heavy atom. The van der Waals surface area contributed by atoms with E-state index in [1.54, 1.807) is 29.2 Å². The number of benzene rings is 2. The molecule has 1 fully saturated rings. The SMILES string of the molecule is COc1ccccc1OC(=O)[C@@H]1CC(=O)N([C@H](C)c2ccccc2)C1. The molecule has 0 bridgehead atoms. The molecule has 5 heteroatoms. The number of hydrogen-bond donors (Lipinski definition) is 0. The van der Waals surface area contributed by atoms with E-state index in [9.17, 15) is 9.59 Å². The van der Waals surface area contributed by atoms with Crippen LogP contribution in [0.1, 0.15) is 24.9 Å². The summed E-state index contributed by atoms with van der Waals surface area (Å²) in [6.45, 7) is 2.34. The summed E-state index contributed by atoms with van der Waals surface area (Å²) >= 11 is 0. The Hall–Kier alpha value is -2.82. The molecule has 5 nitrogen and oxygen atoms in total. The highest BCUT2D eigenvalue weighted by Gasteiger charge is 2.38. The van der Waals surface area contributed by atoms with E-state index in [1.165, 1.54) is 7.11 Å². The van der Waals surface area contributed by atoms with Crippen LogP contribution in [0.4, 0.5) is 0 Å². The van der Waals surface area contributed by atoms with Gasteiger partial charge in [0.1, 0.15) is 0 Å². The second kappa shape index (κ2) is 7.38. The van der Waals surface area contributed by atoms with Crippen molar-refractivity contribution < 1.29 is 19.1 Å². The summed E-state index contributed by atoms with van der Waals surface area (Å²) in [7, 11) is 1.52. The summed E-state index contributed by atoms with van der Waals surface area (Å²) in [5.74, 6) is -0.0331. The Bertz CT molecular complexity index is 759. The lowest BCUT2D eigenvalue weighted by Gasteiger charge is -2.25. The molecule has 0 N–H and O–H groups in total. The van der Waals surface area contributed by atoms with Gasteiger partial charge in [0, 0.05) is 13.0 Å². The maximum atomic E-state index is 12.5. The molecule has 2 aromatic rings. The summed E-state index contributed by atoms with van der Waals surface area (Å²) < 4.78 is 10.7. The van der Waals surface area contributed by atoms with E-state index >= 15 is 0 Å². The molecule has 130 valence electrons. The number of amides is 1. The van der Waals surface area contributed by atoms with E-state index in [2.05, 4.69) is 0 Å². The van der Waals surface area contributed by atoms with Crippen molar-refractivity contribution >= 4 is 11.9 Å². The summed E-state index contributed by atoms with van der Waals surface area (Å²) in [5.41, 5.74) is 1.05. The fourth-order valence-electron chi connectivity index (χ4n) is 3.07. The summed E-state index contributed by atoms with van der Waals surface area (Å²) in [6.07, 6.45) is 0.172. The number of rotatable bonds is 5. The number of carbonyl (C=O) groups excluding carboxylic acids is 2. The number of esters is 1. The van der Waals surface area contributed by atoms with E-state index in [0.29, 0.717) is 18.0 Å². The van der Waals surface area contributed by atoms with Crippen molar-refractivity contribution in [3.8, 4) is 11.5 Å². The highest BCUT2D eigenvalue weighted by molar-refractivity contribution is 5.88. The minimum Gasteiger partial charge on any atom is -0.493 e. The van der Waals surface area contributed by atoms with Crippen LogP contribution in [0.2, 0.25) is 0 Å². The quantitative estimate of drug-likeness (QED) is 0.620. The normalized spacial score (nSPS) is 18.1. The molecule has 1 heterocycles. The number of hydrogen-bond acceptors (Lipinski definition) is 4. The molecule has 0 aromatic heterocycles. The number of methoxy groups -OCH3 is 1. The first-order valence-electron chi connectivity index (χ1n) is 8.29. The molecule has 3 rings (SSSR count). The third-order valence-corrected chi connectivity index (χ3v) is 4.52. The maximum Gasteiger partial charge on any atom is 0.316 e. The van der Waals surface area contributed by atoms with Gasteiger partial charge in [-0.15, -0.1) is 0 Å². The predicted molar refractivity (Wildman–Crippen MR) is 93.3 cm³/mol. The number of nitrogens with zero attached hydrogens (tertiary/aromatic N) is 1. The summed E-state index contributed by atoms with van der Waals surface area (Å²) in [4.78, 5) is 26.6. The Balaban J connectivity index is 1.68. The van der Waals surface area contributed by atoms with Gasteiger partial charge in [-0.05, 0) is 24.6 Å². The molecule has 0 aliphatic carbocycles. The van der Waals surface area contributed by atoms with E-state index in [4.69, 9.17) is 9.47 Å². The fraction of sp³-hybridized carbons (Fsp3) is 0.300. The Labute approximate surface area is 147 Å². The highest BCUT2D eigenvalue weighted by atomic mass is 16.6. The third kappa shape index (κ3) is 3.65. The van der Waals surface area contributed by atoms with Gasteiger partial charge < -0.3 is 14.4 Å². The van der Waals surface area contributed by atoms with Gasteiger partial charge in [0.15, 0.2) is 11.5 Å². The van der Waals surface area contributed by atoms with Crippen molar-refractivity contribution in [2.24, 2.45) is 5.92 Å². The van der Waals surface area contributed by atoms with Gasteiger partial charge in [0.25, 0.3) is 0 Å². The predicted octanol–water partition coefficient (Wildman–Crippen LogP) is 3.21. The number of likely N-dealkylation sites (tertiary alicyclic amines) is 1.